The number of hydrogen-bond acceptors (Lipinski definition) is 6. The van der Waals surface area contributed by atoms with Crippen LogP contribution < -0.4 is 14.2 Å². The van der Waals surface area contributed by atoms with Crippen LogP contribution in [0.2, 0.25) is 0 Å². The van der Waals surface area contributed by atoms with E-state index in [4.69, 9.17) is 14.2 Å². The van der Waals surface area contributed by atoms with Gasteiger partial charge >= 0.3 is 0 Å². The highest BCUT2D eigenvalue weighted by atomic mass is 16.5. The maximum absolute atomic E-state index is 11.2. The summed E-state index contributed by atoms with van der Waals surface area (Å²) in [6.07, 6.45) is 0.524. The molecule has 35 heavy (non-hydrogen) atoms. The summed E-state index contributed by atoms with van der Waals surface area (Å²) < 4.78 is 17.2. The van der Waals surface area contributed by atoms with E-state index < -0.39 is 0 Å². The van der Waals surface area contributed by atoms with E-state index in [-0.39, 0.29) is 29.1 Å². The average Bonchev–Trinajstić information content (AvgIpc) is 2.88. The van der Waals surface area contributed by atoms with Crippen LogP contribution in [0.4, 0.5) is 0 Å². The fraction of sp³-hybridized carbons (Fsp3) is 0.172. The lowest BCUT2D eigenvalue weighted by molar-refractivity contribution is 0.193. The summed E-state index contributed by atoms with van der Waals surface area (Å²) in [4.78, 5) is 0. The average molecular weight is 473 g/mol. The minimum Gasteiger partial charge on any atom is -0.508 e. The lowest BCUT2D eigenvalue weighted by atomic mass is 9.96. The van der Waals surface area contributed by atoms with Gasteiger partial charge in [0.2, 0.25) is 0 Å². The van der Waals surface area contributed by atoms with Gasteiger partial charge in [-0.3, -0.25) is 0 Å². The molecule has 1 unspecified atom stereocenters. The molecule has 6 nitrogen and oxygen atoms in total. The minimum atomic E-state index is -0.208. The number of benzene rings is 4. The second kappa shape index (κ2) is 10.3. The van der Waals surface area contributed by atoms with Crippen LogP contribution in [-0.4, -0.2) is 29.5 Å². The molecule has 1 atom stereocenters. The zero-order valence-electron chi connectivity index (χ0n) is 19.9. The Morgan fingerprint density at radius 1 is 0.743 bits per heavy atom. The number of phenolic OH excluding ortho intramolecular Hbond substituents is 3. The van der Waals surface area contributed by atoms with E-state index in [9.17, 15) is 15.3 Å². The van der Waals surface area contributed by atoms with Gasteiger partial charge in [0.25, 0.3) is 0 Å². The predicted molar refractivity (Wildman–Crippen MR) is 136 cm³/mol. The highest BCUT2D eigenvalue weighted by Crippen LogP contribution is 2.50. The van der Waals surface area contributed by atoms with Crippen LogP contribution in [0.3, 0.4) is 0 Å². The van der Waals surface area contributed by atoms with E-state index in [1.807, 2.05) is 37.3 Å². The zero-order valence-corrected chi connectivity index (χ0v) is 19.9. The van der Waals surface area contributed by atoms with Gasteiger partial charge in [0.1, 0.15) is 17.6 Å². The van der Waals surface area contributed by atoms with Gasteiger partial charge in [0, 0.05) is 5.56 Å². The summed E-state index contributed by atoms with van der Waals surface area (Å²) in [5.74, 6) is 0.946. The largest absolute Gasteiger partial charge is 0.508 e. The van der Waals surface area contributed by atoms with Crippen molar-refractivity contribution in [1.82, 2.24) is 0 Å². The first-order valence-corrected chi connectivity index (χ1v) is 11.3. The van der Waals surface area contributed by atoms with Gasteiger partial charge in [-0.05, 0) is 53.4 Å². The Morgan fingerprint density at radius 3 is 2.03 bits per heavy atom. The van der Waals surface area contributed by atoms with Gasteiger partial charge in [0.15, 0.2) is 23.0 Å². The molecular weight excluding hydrogens is 444 g/mol. The molecule has 0 radical (unpaired) electrons. The Hall–Kier alpha value is -4.32. The Morgan fingerprint density at radius 2 is 1.43 bits per heavy atom. The van der Waals surface area contributed by atoms with E-state index in [0.717, 1.165) is 17.5 Å². The second-order valence-corrected chi connectivity index (χ2v) is 8.04. The number of aromatic hydroxyl groups is 3. The Kier molecular flexibility index (Phi) is 7.01. The van der Waals surface area contributed by atoms with Crippen molar-refractivity contribution in [2.75, 3.05) is 14.2 Å². The van der Waals surface area contributed by atoms with Crippen molar-refractivity contribution in [2.45, 2.75) is 19.4 Å². The molecule has 0 heterocycles. The fourth-order valence-electron chi connectivity index (χ4n) is 4.11. The molecule has 4 aromatic rings. The highest BCUT2D eigenvalue weighted by molar-refractivity contribution is 5.88. The van der Waals surface area contributed by atoms with Crippen LogP contribution in [0.15, 0.2) is 78.9 Å². The quantitative estimate of drug-likeness (QED) is 0.265. The number of ether oxygens (including phenoxy) is 3. The van der Waals surface area contributed by atoms with Crippen LogP contribution in [0.1, 0.15) is 25.0 Å². The van der Waals surface area contributed by atoms with Crippen LogP contribution in [0.5, 0.6) is 34.5 Å². The molecule has 0 aliphatic heterocycles. The topological polar surface area (TPSA) is 88.4 Å². The van der Waals surface area contributed by atoms with Gasteiger partial charge in [-0.15, -0.1) is 0 Å². The second-order valence-electron chi connectivity index (χ2n) is 8.04. The van der Waals surface area contributed by atoms with Gasteiger partial charge in [-0.25, -0.2) is 0 Å². The van der Waals surface area contributed by atoms with E-state index in [2.05, 4.69) is 0 Å². The summed E-state index contributed by atoms with van der Waals surface area (Å²) in [5, 5.41) is 31.6. The normalized spacial score (nSPS) is 11.6. The Labute approximate surface area is 204 Å². The molecule has 0 saturated heterocycles. The Bertz CT molecular complexity index is 1300. The molecule has 4 rings (SSSR count). The van der Waals surface area contributed by atoms with E-state index >= 15 is 0 Å². The Balaban J connectivity index is 1.74. The maximum Gasteiger partial charge on any atom is 0.170 e. The summed E-state index contributed by atoms with van der Waals surface area (Å²) in [7, 11) is 2.98. The number of hydrogen-bond donors (Lipinski definition) is 3. The first-order valence-electron chi connectivity index (χ1n) is 11.3. The van der Waals surface area contributed by atoms with Crippen molar-refractivity contribution < 1.29 is 29.5 Å². The molecule has 0 aliphatic rings. The van der Waals surface area contributed by atoms with Crippen LogP contribution in [-0.2, 0) is 0 Å². The molecule has 0 bridgehead atoms. The number of phenols is 3. The SMILES string of the molecule is CCC(Oc1ccc(-c2c(OC)cc(-c3ccc(O)cc3)c(OC)c2O)cc1O)c1ccccc1. The van der Waals surface area contributed by atoms with Gasteiger partial charge in [0.05, 0.1) is 19.8 Å². The van der Waals surface area contributed by atoms with Gasteiger partial charge in [-0.2, -0.15) is 0 Å². The van der Waals surface area contributed by atoms with Crippen molar-refractivity contribution in [3.63, 3.8) is 0 Å². The number of methoxy groups -OCH3 is 2. The van der Waals surface area contributed by atoms with Crippen molar-refractivity contribution in [1.29, 1.82) is 0 Å². The molecule has 180 valence electrons. The fourth-order valence-corrected chi connectivity index (χ4v) is 4.11. The first kappa shape index (κ1) is 23.8. The molecule has 0 spiro atoms. The molecule has 0 amide bonds. The summed E-state index contributed by atoms with van der Waals surface area (Å²) >= 11 is 0. The molecule has 3 N–H and O–H groups in total. The predicted octanol–water partition coefficient (Wildman–Crippen LogP) is 6.68. The van der Waals surface area contributed by atoms with Crippen molar-refractivity contribution in [2.24, 2.45) is 0 Å². The van der Waals surface area contributed by atoms with Crippen LogP contribution >= 0.6 is 0 Å². The highest BCUT2D eigenvalue weighted by Gasteiger charge is 2.23. The monoisotopic (exact) mass is 472 g/mol. The molecule has 0 aliphatic carbocycles. The molecule has 0 aromatic heterocycles. The van der Waals surface area contributed by atoms with E-state index in [1.54, 1.807) is 42.5 Å². The van der Waals surface area contributed by atoms with Crippen molar-refractivity contribution in [3.8, 4) is 56.8 Å². The summed E-state index contributed by atoms with van der Waals surface area (Å²) in [5.41, 5.74) is 3.27. The molecule has 0 saturated carbocycles. The summed E-state index contributed by atoms with van der Waals surface area (Å²) in [6.45, 7) is 2.02. The third-order valence-corrected chi connectivity index (χ3v) is 5.88. The van der Waals surface area contributed by atoms with Gasteiger partial charge < -0.3 is 29.5 Å². The van der Waals surface area contributed by atoms with E-state index in [1.165, 1.54) is 20.3 Å². The minimum absolute atomic E-state index is 0.0556. The third kappa shape index (κ3) is 4.82. The number of rotatable bonds is 8. The lowest BCUT2D eigenvalue weighted by Crippen LogP contribution is -2.06. The zero-order chi connectivity index (χ0) is 24.9. The first-order chi connectivity index (χ1) is 17.0. The molecular formula is C29H28O6. The smallest absolute Gasteiger partial charge is 0.170 e. The third-order valence-electron chi connectivity index (χ3n) is 5.88. The maximum atomic E-state index is 11.2. The molecule has 6 heteroatoms. The standard InChI is InChI=1S/C29H28O6/c1-4-24(19-8-6-5-7-9-19)35-25-15-12-20(16-23(25)31)27-26(33-2)17-22(29(34-3)28(27)32)18-10-13-21(30)14-11-18/h5-17,24,30-32H,4H2,1-3H3. The van der Waals surface area contributed by atoms with E-state index in [0.29, 0.717) is 28.2 Å². The van der Waals surface area contributed by atoms with Crippen LogP contribution in [0.25, 0.3) is 22.3 Å². The summed E-state index contributed by atoms with van der Waals surface area (Å²) in [6, 6.07) is 23.1. The van der Waals surface area contributed by atoms with Crippen LogP contribution in [0, 0.1) is 0 Å². The molecule has 0 fully saturated rings. The van der Waals surface area contributed by atoms with Crippen molar-refractivity contribution >= 4 is 0 Å². The lowest BCUT2D eigenvalue weighted by Gasteiger charge is -2.20. The molecule has 4 aromatic carbocycles. The van der Waals surface area contributed by atoms with Gasteiger partial charge in [-0.1, -0.05) is 55.5 Å². The van der Waals surface area contributed by atoms with Crippen molar-refractivity contribution in [3.05, 3.63) is 84.4 Å².